The fraction of sp³-hybridized carbons (Fsp3) is 0.125. The van der Waals surface area contributed by atoms with Gasteiger partial charge in [-0.3, -0.25) is 4.79 Å². The largest absolute Gasteiger partial charge is 0.494 e. The summed E-state index contributed by atoms with van der Waals surface area (Å²) in [6, 6.07) is 8.89. The number of amides is 1. The molecule has 0 saturated carbocycles. The number of carbonyl (C=O) groups is 1. The van der Waals surface area contributed by atoms with E-state index in [1.807, 2.05) is 13.0 Å². The number of benzene rings is 1. The summed E-state index contributed by atoms with van der Waals surface area (Å²) in [6.07, 6.45) is 1.73. The van der Waals surface area contributed by atoms with Crippen LogP contribution in [0.1, 0.15) is 16.1 Å². The predicted octanol–water partition coefficient (Wildman–Crippen LogP) is 2.77. The quantitative estimate of drug-likeness (QED) is 0.774. The molecular formula is C16H15N3O3. The van der Waals surface area contributed by atoms with Crippen LogP contribution in [0.15, 0.2) is 36.5 Å². The first kappa shape index (κ1) is 13.9. The van der Waals surface area contributed by atoms with E-state index in [1.54, 1.807) is 37.6 Å². The lowest BCUT2D eigenvalue weighted by atomic mass is 10.2. The number of hydrogen-bond donors (Lipinski definition) is 2. The van der Waals surface area contributed by atoms with Crippen LogP contribution in [0, 0.1) is 6.92 Å². The number of nitrogens with zero attached hydrogens (tertiary/aromatic N) is 1. The highest BCUT2D eigenvalue weighted by atomic mass is 16.5. The Morgan fingerprint density at radius 1 is 1.27 bits per heavy atom. The highest BCUT2D eigenvalue weighted by Crippen LogP contribution is 2.33. The fourth-order valence-corrected chi connectivity index (χ4v) is 2.17. The Bertz CT molecular complexity index is 838. The van der Waals surface area contributed by atoms with Crippen molar-refractivity contribution in [3.63, 3.8) is 0 Å². The fourth-order valence-electron chi connectivity index (χ4n) is 2.17. The molecule has 1 aromatic carbocycles. The summed E-state index contributed by atoms with van der Waals surface area (Å²) in [6.45, 7) is 1.96. The van der Waals surface area contributed by atoms with Crippen molar-refractivity contribution in [1.29, 1.82) is 0 Å². The number of aromatic nitrogens is 2. The van der Waals surface area contributed by atoms with Crippen LogP contribution in [0.4, 0.5) is 0 Å². The molecule has 2 heterocycles. The number of hydrogen-bond acceptors (Lipinski definition) is 4. The van der Waals surface area contributed by atoms with Crippen molar-refractivity contribution in [2.45, 2.75) is 6.92 Å². The molecule has 22 heavy (non-hydrogen) atoms. The number of fused-ring (bicyclic) bond motifs is 1. The van der Waals surface area contributed by atoms with Gasteiger partial charge in [0, 0.05) is 23.7 Å². The second kappa shape index (κ2) is 5.40. The van der Waals surface area contributed by atoms with E-state index in [1.165, 1.54) is 0 Å². The van der Waals surface area contributed by atoms with Crippen molar-refractivity contribution in [3.8, 4) is 17.4 Å². The zero-order chi connectivity index (χ0) is 15.7. The number of nitrogens with two attached hydrogens (primary N) is 1. The molecule has 0 radical (unpaired) electrons. The minimum absolute atomic E-state index is 0.318. The van der Waals surface area contributed by atoms with Crippen LogP contribution < -0.4 is 15.2 Å². The first-order chi connectivity index (χ1) is 10.6. The number of rotatable bonds is 4. The predicted molar refractivity (Wildman–Crippen MR) is 82.4 cm³/mol. The van der Waals surface area contributed by atoms with Gasteiger partial charge in [-0.1, -0.05) is 6.07 Å². The van der Waals surface area contributed by atoms with E-state index in [0.717, 1.165) is 10.9 Å². The van der Waals surface area contributed by atoms with Crippen LogP contribution in [-0.2, 0) is 0 Å². The Morgan fingerprint density at radius 3 is 2.73 bits per heavy atom. The van der Waals surface area contributed by atoms with Crippen molar-refractivity contribution < 1.29 is 14.3 Å². The molecule has 6 nitrogen and oxygen atoms in total. The molecule has 112 valence electrons. The number of H-pyrrole nitrogens is 1. The lowest BCUT2D eigenvalue weighted by molar-refractivity contribution is 0.0996. The normalized spacial score (nSPS) is 10.6. The molecule has 2 aromatic heterocycles. The zero-order valence-corrected chi connectivity index (χ0v) is 12.2. The molecule has 1 amide bonds. The molecule has 6 heteroatoms. The number of aromatic amines is 1. The van der Waals surface area contributed by atoms with Gasteiger partial charge in [-0.25, -0.2) is 4.98 Å². The van der Waals surface area contributed by atoms with Gasteiger partial charge in [0.2, 0.25) is 5.88 Å². The van der Waals surface area contributed by atoms with Gasteiger partial charge in [-0.15, -0.1) is 0 Å². The summed E-state index contributed by atoms with van der Waals surface area (Å²) in [4.78, 5) is 18.4. The molecule has 0 spiro atoms. The summed E-state index contributed by atoms with van der Waals surface area (Å²) in [5, 5.41) is 0.773. The average molecular weight is 297 g/mol. The molecule has 0 bridgehead atoms. The standard InChI is InChI=1S/C16H15N3O3/c1-9-3-4-14(18-8-9)22-11-5-10-6-12(16(17)20)19-15(10)13(7-11)21-2/h3-8,19H,1-2H3,(H2,17,20). The van der Waals surface area contributed by atoms with Crippen LogP contribution in [0.25, 0.3) is 10.9 Å². The maximum absolute atomic E-state index is 11.3. The van der Waals surface area contributed by atoms with Gasteiger partial charge in [0.1, 0.15) is 17.2 Å². The molecule has 3 rings (SSSR count). The van der Waals surface area contributed by atoms with Crippen molar-refractivity contribution in [3.05, 3.63) is 47.8 Å². The van der Waals surface area contributed by atoms with Crippen molar-refractivity contribution in [2.24, 2.45) is 5.73 Å². The van der Waals surface area contributed by atoms with E-state index < -0.39 is 5.91 Å². The third-order valence-corrected chi connectivity index (χ3v) is 3.26. The average Bonchev–Trinajstić information content (AvgIpc) is 2.93. The van der Waals surface area contributed by atoms with Crippen LogP contribution in [0.2, 0.25) is 0 Å². The van der Waals surface area contributed by atoms with E-state index in [9.17, 15) is 4.79 Å². The number of carbonyl (C=O) groups excluding carboxylic acids is 1. The summed E-state index contributed by atoms with van der Waals surface area (Å²) >= 11 is 0. The monoisotopic (exact) mass is 297 g/mol. The Labute approximate surface area is 126 Å². The second-order valence-electron chi connectivity index (χ2n) is 4.91. The van der Waals surface area contributed by atoms with Gasteiger partial charge in [-0.05, 0) is 24.6 Å². The maximum Gasteiger partial charge on any atom is 0.265 e. The van der Waals surface area contributed by atoms with Gasteiger partial charge >= 0.3 is 0 Å². The lowest BCUT2D eigenvalue weighted by Gasteiger charge is -2.08. The van der Waals surface area contributed by atoms with E-state index in [-0.39, 0.29) is 0 Å². The molecule has 0 atom stereocenters. The van der Waals surface area contributed by atoms with Crippen molar-refractivity contribution >= 4 is 16.8 Å². The number of methoxy groups -OCH3 is 1. The number of ether oxygens (including phenoxy) is 2. The third kappa shape index (κ3) is 2.58. The van der Waals surface area contributed by atoms with E-state index >= 15 is 0 Å². The number of primary amides is 1. The van der Waals surface area contributed by atoms with E-state index in [4.69, 9.17) is 15.2 Å². The minimum Gasteiger partial charge on any atom is -0.494 e. The summed E-state index contributed by atoms with van der Waals surface area (Å²) in [5.41, 5.74) is 7.36. The van der Waals surface area contributed by atoms with Gasteiger partial charge in [0.25, 0.3) is 5.91 Å². The number of pyridine rings is 1. The molecule has 0 fully saturated rings. The molecular weight excluding hydrogens is 282 g/mol. The molecule has 0 aliphatic carbocycles. The first-order valence-electron chi connectivity index (χ1n) is 6.68. The van der Waals surface area contributed by atoms with Gasteiger partial charge in [0.15, 0.2) is 0 Å². The number of aryl methyl sites for hydroxylation is 1. The Morgan fingerprint density at radius 2 is 2.09 bits per heavy atom. The van der Waals surface area contributed by atoms with Crippen molar-refractivity contribution in [1.82, 2.24) is 9.97 Å². The number of nitrogens with one attached hydrogen (secondary N) is 1. The van der Waals surface area contributed by atoms with Gasteiger partial charge in [0.05, 0.1) is 12.6 Å². The smallest absolute Gasteiger partial charge is 0.265 e. The topological polar surface area (TPSA) is 90.2 Å². The van der Waals surface area contributed by atoms with Crippen LogP contribution >= 0.6 is 0 Å². The van der Waals surface area contributed by atoms with Gasteiger partial charge < -0.3 is 20.2 Å². The first-order valence-corrected chi connectivity index (χ1v) is 6.68. The molecule has 0 saturated heterocycles. The van der Waals surface area contributed by atoms with Gasteiger partial charge in [-0.2, -0.15) is 0 Å². The van der Waals surface area contributed by atoms with Crippen molar-refractivity contribution in [2.75, 3.05) is 7.11 Å². The molecule has 3 N–H and O–H groups in total. The second-order valence-corrected chi connectivity index (χ2v) is 4.91. The lowest BCUT2D eigenvalue weighted by Crippen LogP contribution is -2.10. The highest BCUT2D eigenvalue weighted by molar-refractivity contribution is 5.99. The minimum atomic E-state index is -0.527. The zero-order valence-electron chi connectivity index (χ0n) is 12.2. The maximum atomic E-state index is 11.3. The third-order valence-electron chi connectivity index (χ3n) is 3.26. The van der Waals surface area contributed by atoms with E-state index in [0.29, 0.717) is 28.6 Å². The molecule has 0 aliphatic rings. The summed E-state index contributed by atoms with van der Waals surface area (Å²) < 4.78 is 11.1. The molecule has 0 unspecified atom stereocenters. The molecule has 0 aliphatic heterocycles. The Hall–Kier alpha value is -3.02. The van der Waals surface area contributed by atoms with Crippen LogP contribution in [0.3, 0.4) is 0 Å². The van der Waals surface area contributed by atoms with Crippen LogP contribution in [-0.4, -0.2) is 23.0 Å². The SMILES string of the molecule is COc1cc(Oc2ccc(C)cn2)cc2cc(C(N)=O)[nH]c12. The Balaban J connectivity index is 2.02. The summed E-state index contributed by atoms with van der Waals surface area (Å²) in [5.74, 6) is 1.08. The van der Waals surface area contributed by atoms with Crippen LogP contribution in [0.5, 0.6) is 17.4 Å². The highest BCUT2D eigenvalue weighted by Gasteiger charge is 2.12. The molecule has 3 aromatic rings. The van der Waals surface area contributed by atoms with E-state index in [2.05, 4.69) is 9.97 Å². The summed E-state index contributed by atoms with van der Waals surface area (Å²) in [7, 11) is 1.55. The Kier molecular flexibility index (Phi) is 3.42.